The molecule has 0 saturated carbocycles. The van der Waals surface area contributed by atoms with E-state index in [9.17, 15) is 22.4 Å². The van der Waals surface area contributed by atoms with E-state index < -0.39 is 14.8 Å². The molecule has 5 nitrogen and oxygen atoms in total. The van der Waals surface area contributed by atoms with Crippen LogP contribution in [0.5, 0.6) is 5.75 Å². The van der Waals surface area contributed by atoms with Crippen LogP contribution < -0.4 is 0 Å². The van der Waals surface area contributed by atoms with Gasteiger partial charge in [0.1, 0.15) is 5.75 Å². The topological polar surface area (TPSA) is 54.8 Å². The first kappa shape index (κ1) is 34.5. The van der Waals surface area contributed by atoms with Crippen molar-refractivity contribution in [2.24, 2.45) is 9.98 Å². The van der Waals surface area contributed by atoms with Gasteiger partial charge in [0.2, 0.25) is 0 Å². The van der Waals surface area contributed by atoms with Gasteiger partial charge in [-0.3, -0.25) is 22.3 Å². The number of hydrogen-bond acceptors (Lipinski definition) is 3. The van der Waals surface area contributed by atoms with Crippen LogP contribution in [-0.4, -0.2) is 40.3 Å². The monoisotopic (exact) mass is 674 g/mol. The molecule has 6 rings (SSSR count). The summed E-state index contributed by atoms with van der Waals surface area (Å²) in [6.45, 7) is 12.6. The van der Waals surface area contributed by atoms with Crippen LogP contribution in [0.1, 0.15) is 71.4 Å². The normalized spacial score (nSPS) is 16.5. The lowest BCUT2D eigenvalue weighted by Crippen LogP contribution is -2.19. The van der Waals surface area contributed by atoms with E-state index in [1.165, 1.54) is 0 Å². The van der Waals surface area contributed by atoms with Crippen LogP contribution in [0, 0.1) is 27.7 Å². The van der Waals surface area contributed by atoms with E-state index in [0.29, 0.717) is 73.3 Å². The standard InChI is InChI=1S/C39H36B2F4N4O/c1-22-18-26(5)46-36(22)34(38-24(3)19-27(6)48(38)40(42)43)30-11-13-31(14-12-30)35(39-25(4)20-28(7)49(39)41(44)45)37-23(2)21-32(47-37)15-8-29-9-16-33(50)17-10-29/h8-21,50H,1-7H3/b15-8+,36-34-,37-35-. The van der Waals surface area contributed by atoms with Crippen LogP contribution >= 0.6 is 0 Å². The molecule has 0 spiro atoms. The van der Waals surface area contributed by atoms with Gasteiger partial charge in [0.25, 0.3) is 0 Å². The molecular formula is C39H36B2F4N4O. The molecule has 0 fully saturated rings. The molecule has 0 aliphatic carbocycles. The number of nitrogens with zero attached hydrogens (tertiary/aromatic N) is 4. The molecule has 11 heteroatoms. The van der Waals surface area contributed by atoms with Crippen molar-refractivity contribution in [3.8, 4) is 5.75 Å². The van der Waals surface area contributed by atoms with Gasteiger partial charge in [0.05, 0.1) is 17.1 Å². The molecule has 0 bridgehead atoms. The van der Waals surface area contributed by atoms with Crippen LogP contribution in [0.2, 0.25) is 0 Å². The van der Waals surface area contributed by atoms with Crippen LogP contribution in [0.25, 0.3) is 17.2 Å². The number of allylic oxidation sites excluding steroid dienone is 5. The van der Waals surface area contributed by atoms with E-state index in [1.54, 1.807) is 57.2 Å². The molecule has 2 aromatic heterocycles. The number of rotatable bonds is 8. The van der Waals surface area contributed by atoms with E-state index >= 15 is 0 Å². The Labute approximate surface area is 290 Å². The summed E-state index contributed by atoms with van der Waals surface area (Å²) in [6, 6.07) is 17.6. The minimum Gasteiger partial charge on any atom is -0.508 e. The summed E-state index contributed by atoms with van der Waals surface area (Å²) in [5.74, 6) is 0.166. The number of aromatic nitrogens is 2. The molecule has 1 N–H and O–H groups in total. The van der Waals surface area contributed by atoms with Crippen LogP contribution in [0.4, 0.5) is 17.3 Å². The first-order valence-corrected chi connectivity index (χ1v) is 16.3. The molecule has 0 unspecified atom stereocenters. The van der Waals surface area contributed by atoms with Crippen molar-refractivity contribution in [1.82, 2.24) is 8.96 Å². The van der Waals surface area contributed by atoms with E-state index in [4.69, 9.17) is 9.98 Å². The minimum absolute atomic E-state index is 0.166. The fraction of sp³-hybridized carbons (Fsp3) is 0.179. The Morgan fingerprint density at radius 1 is 0.620 bits per heavy atom. The van der Waals surface area contributed by atoms with Crippen molar-refractivity contribution in [3.63, 3.8) is 0 Å². The first-order valence-electron chi connectivity index (χ1n) is 16.3. The maximum atomic E-state index is 14.7. The molecule has 0 amide bonds. The average Bonchev–Trinajstić information content (AvgIpc) is 3.76. The highest BCUT2D eigenvalue weighted by Gasteiger charge is 2.31. The van der Waals surface area contributed by atoms with Crippen LogP contribution in [0.3, 0.4) is 0 Å². The highest BCUT2D eigenvalue weighted by molar-refractivity contribution is 6.42. The van der Waals surface area contributed by atoms with E-state index in [0.717, 1.165) is 31.4 Å². The summed E-state index contributed by atoms with van der Waals surface area (Å²) < 4.78 is 60.5. The Morgan fingerprint density at radius 2 is 1.08 bits per heavy atom. The van der Waals surface area contributed by atoms with Crippen LogP contribution in [-0.2, 0) is 0 Å². The molecule has 2 aliphatic heterocycles. The zero-order valence-electron chi connectivity index (χ0n) is 29.0. The number of halogens is 4. The van der Waals surface area contributed by atoms with Gasteiger partial charge in [-0.1, -0.05) is 42.5 Å². The summed E-state index contributed by atoms with van der Waals surface area (Å²) >= 11 is 0. The SMILES string of the molecule is CC1=CC(C)=N/C1=C(/c1ccc(/C(=C2N=C(/C=C/c3ccc(O)cc3)C=C/2C)c2c(C)cc(C)n2B(F)F)cc1)c1c(C)cc(C)n1B(F)F. The van der Waals surface area contributed by atoms with Crippen LogP contribution in [0.15, 0.2) is 111 Å². The lowest BCUT2D eigenvalue weighted by Gasteiger charge is -2.19. The molecule has 4 heterocycles. The van der Waals surface area contributed by atoms with Crippen molar-refractivity contribution in [2.75, 3.05) is 0 Å². The maximum Gasteiger partial charge on any atom is 0.677 e. The van der Waals surface area contributed by atoms with E-state index in [-0.39, 0.29) is 5.75 Å². The Bertz CT molecular complexity index is 2230. The Hall–Kier alpha value is -5.31. The maximum absolute atomic E-state index is 14.7. The van der Waals surface area contributed by atoms with Gasteiger partial charge in [0.15, 0.2) is 0 Å². The van der Waals surface area contributed by atoms with Gasteiger partial charge in [-0.2, -0.15) is 0 Å². The summed E-state index contributed by atoms with van der Waals surface area (Å²) in [6.07, 6.45) is 7.54. The molecule has 0 radical (unpaired) electrons. The molecule has 252 valence electrons. The lowest BCUT2D eigenvalue weighted by atomic mass is 9.90. The molecular weight excluding hydrogens is 638 g/mol. The van der Waals surface area contributed by atoms with Gasteiger partial charge >= 0.3 is 14.8 Å². The molecule has 2 aromatic carbocycles. The number of hydrogen-bond donors (Lipinski definition) is 1. The Morgan fingerprint density at radius 3 is 1.52 bits per heavy atom. The molecule has 2 aliphatic rings. The Kier molecular flexibility index (Phi) is 9.35. The quantitative estimate of drug-likeness (QED) is 0.147. The van der Waals surface area contributed by atoms with Gasteiger partial charge in [-0.05, 0) is 130 Å². The predicted octanol–water partition coefficient (Wildman–Crippen LogP) is 9.83. The summed E-state index contributed by atoms with van der Waals surface area (Å²) in [5, 5.41) is 9.64. The number of aryl methyl sites for hydroxylation is 4. The second-order valence-corrected chi connectivity index (χ2v) is 12.8. The summed E-state index contributed by atoms with van der Waals surface area (Å²) in [5.41, 5.74) is 10.5. The fourth-order valence-electron chi connectivity index (χ4n) is 6.92. The van der Waals surface area contributed by atoms with E-state index in [2.05, 4.69) is 0 Å². The second-order valence-electron chi connectivity index (χ2n) is 12.8. The summed E-state index contributed by atoms with van der Waals surface area (Å²) in [4.78, 5) is 9.68. The zero-order valence-corrected chi connectivity index (χ0v) is 29.0. The third-order valence-corrected chi connectivity index (χ3v) is 9.04. The smallest absolute Gasteiger partial charge is 0.508 e. The molecule has 0 saturated heterocycles. The summed E-state index contributed by atoms with van der Waals surface area (Å²) in [7, 11) is -5.55. The van der Waals surface area contributed by atoms with Gasteiger partial charge in [0, 0.05) is 39.6 Å². The van der Waals surface area contributed by atoms with Crippen molar-refractivity contribution in [1.29, 1.82) is 0 Å². The number of benzene rings is 2. The average molecular weight is 674 g/mol. The molecule has 0 atom stereocenters. The van der Waals surface area contributed by atoms with E-state index in [1.807, 2.05) is 76.3 Å². The molecule has 50 heavy (non-hydrogen) atoms. The highest BCUT2D eigenvalue weighted by Crippen LogP contribution is 2.40. The largest absolute Gasteiger partial charge is 0.677 e. The predicted molar refractivity (Wildman–Crippen MR) is 198 cm³/mol. The fourth-order valence-corrected chi connectivity index (χ4v) is 6.92. The van der Waals surface area contributed by atoms with Crippen molar-refractivity contribution in [2.45, 2.75) is 48.5 Å². The Balaban J connectivity index is 1.55. The lowest BCUT2D eigenvalue weighted by molar-refractivity contribution is 0.475. The third-order valence-electron chi connectivity index (χ3n) is 9.04. The highest BCUT2D eigenvalue weighted by atomic mass is 19.2. The number of aliphatic imine (C=N–C) groups is 2. The van der Waals surface area contributed by atoms with Gasteiger partial charge in [-0.15, -0.1) is 0 Å². The zero-order chi connectivity index (χ0) is 36.0. The third kappa shape index (κ3) is 6.40. The number of phenols is 1. The van der Waals surface area contributed by atoms with Crippen molar-refractivity contribution < 1.29 is 22.4 Å². The van der Waals surface area contributed by atoms with Gasteiger partial charge < -0.3 is 14.1 Å². The van der Waals surface area contributed by atoms with Gasteiger partial charge in [-0.25, -0.2) is 4.99 Å². The second kappa shape index (κ2) is 13.5. The molecule has 4 aromatic rings. The first-order chi connectivity index (χ1) is 23.7. The minimum atomic E-state index is -2.79. The van der Waals surface area contributed by atoms with Crippen molar-refractivity contribution in [3.05, 3.63) is 152 Å². The number of aromatic hydroxyl groups is 1. The number of phenolic OH excluding ortho intramolecular Hbond substituents is 1. The van der Waals surface area contributed by atoms with Crippen molar-refractivity contribution >= 4 is 43.4 Å².